The molecule has 3 rings (SSSR count). The van der Waals surface area contributed by atoms with Crippen LogP contribution in [0.3, 0.4) is 0 Å². The summed E-state index contributed by atoms with van der Waals surface area (Å²) in [6, 6.07) is 0. The fourth-order valence-electron chi connectivity index (χ4n) is 5.46. The first-order chi connectivity index (χ1) is 15.9. The van der Waals surface area contributed by atoms with Gasteiger partial charge in [0.2, 0.25) is 0 Å². The zero-order valence-corrected chi connectivity index (χ0v) is 22.2. The fraction of sp³-hybridized carbons (Fsp3) is 1.00. The Morgan fingerprint density at radius 1 is 0.818 bits per heavy atom. The molecule has 5 nitrogen and oxygen atoms in total. The lowest BCUT2D eigenvalue weighted by Crippen LogP contribution is -2.47. The Balaban J connectivity index is 1.49. The summed E-state index contributed by atoms with van der Waals surface area (Å²) in [6.07, 6.45) is 8.77. The van der Waals surface area contributed by atoms with Crippen LogP contribution < -0.4 is 0 Å². The van der Waals surface area contributed by atoms with Gasteiger partial charge in [-0.05, 0) is 63.2 Å². The van der Waals surface area contributed by atoms with E-state index in [0.717, 1.165) is 77.3 Å². The second-order valence-electron chi connectivity index (χ2n) is 11.9. The van der Waals surface area contributed by atoms with E-state index < -0.39 is 0 Å². The molecule has 0 spiro atoms. The molecule has 1 aliphatic carbocycles. The molecule has 33 heavy (non-hydrogen) atoms. The van der Waals surface area contributed by atoms with Crippen LogP contribution in [0, 0.1) is 34.5 Å². The second kappa shape index (κ2) is 13.2. The molecule has 0 aromatic rings. The van der Waals surface area contributed by atoms with E-state index in [-0.39, 0.29) is 10.8 Å². The number of hydrogen-bond donors (Lipinski definition) is 0. The molecule has 2 heterocycles. The molecule has 5 heteroatoms. The Morgan fingerprint density at radius 3 is 2.03 bits per heavy atom. The molecule has 6 unspecified atom stereocenters. The molecule has 6 atom stereocenters. The standard InChI is InChI=1S/C28H52O5/c1-6-27(18-31-19-28(7-2)20-32-21-28,17-30-14-26-11-9-24(5)33-15-26)16-29-13-25-10-8-22(3)23(4)12-25/h22-26H,6-21H2,1-5H3. The summed E-state index contributed by atoms with van der Waals surface area (Å²) < 4.78 is 30.4. The van der Waals surface area contributed by atoms with Gasteiger partial charge in [-0.25, -0.2) is 0 Å². The summed E-state index contributed by atoms with van der Waals surface area (Å²) in [5, 5.41) is 0. The Hall–Kier alpha value is -0.200. The molecule has 194 valence electrons. The van der Waals surface area contributed by atoms with Gasteiger partial charge in [0.25, 0.3) is 0 Å². The molecule has 2 saturated heterocycles. The van der Waals surface area contributed by atoms with Gasteiger partial charge in [0, 0.05) is 23.4 Å². The highest BCUT2D eigenvalue weighted by molar-refractivity contribution is 4.85. The quantitative estimate of drug-likeness (QED) is 0.325. The third kappa shape index (κ3) is 8.17. The van der Waals surface area contributed by atoms with Crippen LogP contribution in [-0.4, -0.2) is 65.6 Å². The molecule has 2 aliphatic heterocycles. The summed E-state index contributed by atoms with van der Waals surface area (Å²) in [5.74, 6) is 2.87. The van der Waals surface area contributed by atoms with Crippen LogP contribution in [0.15, 0.2) is 0 Å². The van der Waals surface area contributed by atoms with Crippen molar-refractivity contribution < 1.29 is 23.7 Å². The van der Waals surface area contributed by atoms with Gasteiger partial charge in [0.15, 0.2) is 0 Å². The first-order valence-electron chi connectivity index (χ1n) is 13.8. The van der Waals surface area contributed by atoms with Crippen molar-refractivity contribution >= 4 is 0 Å². The highest BCUT2D eigenvalue weighted by atomic mass is 16.5. The van der Waals surface area contributed by atoms with E-state index in [1.165, 1.54) is 25.7 Å². The Kier molecular flexibility index (Phi) is 11.0. The van der Waals surface area contributed by atoms with Crippen LogP contribution in [0.25, 0.3) is 0 Å². The zero-order chi connectivity index (χ0) is 23.7. The zero-order valence-electron chi connectivity index (χ0n) is 22.2. The number of hydrogen-bond acceptors (Lipinski definition) is 5. The van der Waals surface area contributed by atoms with Crippen molar-refractivity contribution in [2.75, 3.05) is 59.5 Å². The largest absolute Gasteiger partial charge is 0.380 e. The molecule has 3 aliphatic rings. The predicted octanol–water partition coefficient (Wildman–Crippen LogP) is 5.75. The van der Waals surface area contributed by atoms with Crippen LogP contribution in [0.4, 0.5) is 0 Å². The van der Waals surface area contributed by atoms with Crippen LogP contribution >= 0.6 is 0 Å². The average Bonchev–Trinajstić information content (AvgIpc) is 2.79. The molecule has 3 fully saturated rings. The average molecular weight is 469 g/mol. The second-order valence-corrected chi connectivity index (χ2v) is 11.9. The summed E-state index contributed by atoms with van der Waals surface area (Å²) in [7, 11) is 0. The molecule has 0 bridgehead atoms. The lowest BCUT2D eigenvalue weighted by molar-refractivity contribution is -0.165. The lowest BCUT2D eigenvalue weighted by atomic mass is 9.76. The third-order valence-electron chi connectivity index (χ3n) is 8.96. The van der Waals surface area contributed by atoms with Crippen molar-refractivity contribution in [3.63, 3.8) is 0 Å². The molecule has 0 aromatic carbocycles. The van der Waals surface area contributed by atoms with Gasteiger partial charge in [-0.3, -0.25) is 0 Å². The van der Waals surface area contributed by atoms with Gasteiger partial charge in [0.05, 0.1) is 59.0 Å². The van der Waals surface area contributed by atoms with Crippen LogP contribution in [0.5, 0.6) is 0 Å². The predicted molar refractivity (Wildman–Crippen MR) is 133 cm³/mol. The smallest absolute Gasteiger partial charge is 0.0566 e. The van der Waals surface area contributed by atoms with E-state index in [0.29, 0.717) is 31.2 Å². The van der Waals surface area contributed by atoms with Crippen LogP contribution in [0.1, 0.15) is 79.6 Å². The molecule has 0 amide bonds. The maximum Gasteiger partial charge on any atom is 0.0566 e. The van der Waals surface area contributed by atoms with Gasteiger partial charge in [0.1, 0.15) is 0 Å². The normalized spacial score (nSPS) is 33.9. The molecular weight excluding hydrogens is 416 g/mol. The van der Waals surface area contributed by atoms with Gasteiger partial charge >= 0.3 is 0 Å². The third-order valence-corrected chi connectivity index (χ3v) is 8.96. The first kappa shape index (κ1) is 27.4. The number of ether oxygens (including phenoxy) is 5. The Bertz CT molecular complexity index is 537. The minimum atomic E-state index is -0.0874. The molecule has 0 aromatic heterocycles. The monoisotopic (exact) mass is 468 g/mol. The van der Waals surface area contributed by atoms with Crippen LogP contribution in [0.2, 0.25) is 0 Å². The Labute approximate surface area is 203 Å². The summed E-state index contributed by atoms with van der Waals surface area (Å²) in [5.41, 5.74) is 0.127. The first-order valence-corrected chi connectivity index (χ1v) is 13.8. The van der Waals surface area contributed by atoms with Gasteiger partial charge < -0.3 is 23.7 Å². The minimum absolute atomic E-state index is 0.0874. The maximum atomic E-state index is 6.41. The van der Waals surface area contributed by atoms with Gasteiger partial charge in [-0.15, -0.1) is 0 Å². The topological polar surface area (TPSA) is 46.2 Å². The summed E-state index contributed by atoms with van der Waals surface area (Å²) in [6.45, 7) is 18.5. The number of rotatable bonds is 14. The van der Waals surface area contributed by atoms with Gasteiger partial charge in [-0.2, -0.15) is 0 Å². The van der Waals surface area contributed by atoms with E-state index in [9.17, 15) is 0 Å². The van der Waals surface area contributed by atoms with Crippen molar-refractivity contribution in [2.24, 2.45) is 34.5 Å². The Morgan fingerprint density at radius 2 is 1.48 bits per heavy atom. The van der Waals surface area contributed by atoms with Crippen molar-refractivity contribution in [1.29, 1.82) is 0 Å². The van der Waals surface area contributed by atoms with Crippen molar-refractivity contribution in [1.82, 2.24) is 0 Å². The SMILES string of the molecule is CCC(COCC1CCC(C)OC1)(COCC1CCC(C)C(C)C1)COCC1(CC)COC1. The summed E-state index contributed by atoms with van der Waals surface area (Å²) >= 11 is 0. The minimum Gasteiger partial charge on any atom is -0.380 e. The molecular formula is C28H52O5. The molecule has 0 radical (unpaired) electrons. The van der Waals surface area contributed by atoms with E-state index in [4.69, 9.17) is 23.7 Å². The highest BCUT2D eigenvalue weighted by Crippen LogP contribution is 2.35. The van der Waals surface area contributed by atoms with Crippen molar-refractivity contribution in [2.45, 2.75) is 85.7 Å². The van der Waals surface area contributed by atoms with Crippen molar-refractivity contribution in [3.8, 4) is 0 Å². The molecule has 0 N–H and O–H groups in total. The van der Waals surface area contributed by atoms with Crippen LogP contribution in [-0.2, 0) is 23.7 Å². The fourth-order valence-corrected chi connectivity index (χ4v) is 5.46. The van der Waals surface area contributed by atoms with E-state index in [1.807, 2.05) is 0 Å². The van der Waals surface area contributed by atoms with Gasteiger partial charge in [-0.1, -0.05) is 34.1 Å². The van der Waals surface area contributed by atoms with Crippen molar-refractivity contribution in [3.05, 3.63) is 0 Å². The highest BCUT2D eigenvalue weighted by Gasteiger charge is 2.39. The van der Waals surface area contributed by atoms with E-state index in [1.54, 1.807) is 0 Å². The summed E-state index contributed by atoms with van der Waals surface area (Å²) in [4.78, 5) is 0. The lowest BCUT2D eigenvalue weighted by Gasteiger charge is -2.42. The maximum absolute atomic E-state index is 6.41. The molecule has 1 saturated carbocycles. The van der Waals surface area contributed by atoms with E-state index >= 15 is 0 Å². The van der Waals surface area contributed by atoms with E-state index in [2.05, 4.69) is 34.6 Å².